The van der Waals surface area contributed by atoms with E-state index in [9.17, 15) is 9.59 Å². The molecule has 0 spiro atoms. The molecule has 3 aromatic rings. The highest BCUT2D eigenvalue weighted by molar-refractivity contribution is 7.17. The van der Waals surface area contributed by atoms with Crippen LogP contribution >= 0.6 is 11.3 Å². The van der Waals surface area contributed by atoms with Gasteiger partial charge in [0, 0.05) is 6.42 Å². The maximum atomic E-state index is 12.4. The molecule has 20 heavy (non-hydrogen) atoms. The average Bonchev–Trinajstić information content (AvgIpc) is 2.99. The molecule has 0 aromatic carbocycles. The lowest BCUT2D eigenvalue weighted by molar-refractivity contribution is -0.140. The van der Waals surface area contributed by atoms with Crippen LogP contribution in [0.25, 0.3) is 15.7 Å². The van der Waals surface area contributed by atoms with E-state index in [4.69, 9.17) is 5.11 Å². The predicted octanol–water partition coefficient (Wildman–Crippen LogP) is 1.92. The van der Waals surface area contributed by atoms with Crippen LogP contribution in [0.2, 0.25) is 0 Å². The van der Waals surface area contributed by atoms with Gasteiger partial charge in [-0.3, -0.25) is 9.20 Å². The van der Waals surface area contributed by atoms with Gasteiger partial charge in [-0.05, 0) is 24.4 Å². The first-order valence-electron chi connectivity index (χ1n) is 6.27. The minimum absolute atomic E-state index is 0.375. The van der Waals surface area contributed by atoms with Gasteiger partial charge in [-0.2, -0.15) is 5.10 Å². The summed E-state index contributed by atoms with van der Waals surface area (Å²) in [6, 6.07) is 2.76. The normalized spacial score (nSPS) is 13.1. The summed E-state index contributed by atoms with van der Waals surface area (Å²) in [6.07, 6.45) is 0.614. The molecule has 3 rings (SSSR count). The van der Waals surface area contributed by atoms with Gasteiger partial charge in [0.15, 0.2) is 6.04 Å². The number of aliphatic carboxylic acids is 1. The summed E-state index contributed by atoms with van der Waals surface area (Å²) in [4.78, 5) is 23.5. The highest BCUT2D eigenvalue weighted by Gasteiger charge is 2.20. The molecular weight excluding hydrogens is 278 g/mol. The Hall–Kier alpha value is -2.15. The SMILES string of the molecule is CCc1nn(C(C)C(=O)O)c(=O)c2cc3sccc3n12. The topological polar surface area (TPSA) is 76.6 Å². The van der Waals surface area contributed by atoms with Crippen LogP contribution < -0.4 is 5.56 Å². The van der Waals surface area contributed by atoms with E-state index in [0.29, 0.717) is 17.8 Å². The van der Waals surface area contributed by atoms with Crippen LogP contribution in [0.4, 0.5) is 0 Å². The van der Waals surface area contributed by atoms with Gasteiger partial charge in [-0.25, -0.2) is 9.48 Å². The van der Waals surface area contributed by atoms with Crippen molar-refractivity contribution in [3.63, 3.8) is 0 Å². The Bertz CT molecular complexity index is 874. The van der Waals surface area contributed by atoms with Crippen LogP contribution in [0.3, 0.4) is 0 Å². The average molecular weight is 291 g/mol. The van der Waals surface area contributed by atoms with E-state index in [-0.39, 0.29) is 5.56 Å². The van der Waals surface area contributed by atoms with Crippen molar-refractivity contribution in [2.75, 3.05) is 0 Å². The van der Waals surface area contributed by atoms with Crippen molar-refractivity contribution in [1.29, 1.82) is 0 Å². The molecule has 7 heteroatoms. The first-order valence-corrected chi connectivity index (χ1v) is 7.15. The van der Waals surface area contributed by atoms with Gasteiger partial charge in [0.25, 0.3) is 5.56 Å². The molecule has 0 fully saturated rings. The van der Waals surface area contributed by atoms with E-state index in [0.717, 1.165) is 14.9 Å². The summed E-state index contributed by atoms with van der Waals surface area (Å²) in [6.45, 7) is 3.39. The number of hydrogen-bond donors (Lipinski definition) is 1. The number of carboxylic acids is 1. The number of carboxylic acid groups (broad SMARTS) is 1. The highest BCUT2D eigenvalue weighted by atomic mass is 32.1. The van der Waals surface area contributed by atoms with Crippen molar-refractivity contribution in [3.8, 4) is 0 Å². The van der Waals surface area contributed by atoms with E-state index < -0.39 is 12.0 Å². The molecule has 0 aliphatic carbocycles. The standard InChI is InChI=1S/C13H13N3O3S/c1-3-11-14-16(7(2)13(18)19)12(17)9-6-10-8(15(9)11)4-5-20-10/h4-7H,3H2,1-2H3,(H,18,19). The quantitative estimate of drug-likeness (QED) is 0.800. The summed E-state index contributed by atoms with van der Waals surface area (Å²) >= 11 is 1.55. The Morgan fingerprint density at radius 2 is 2.25 bits per heavy atom. The fourth-order valence-corrected chi connectivity index (χ4v) is 3.09. The molecule has 6 nitrogen and oxygen atoms in total. The zero-order chi connectivity index (χ0) is 14.4. The Morgan fingerprint density at radius 1 is 1.50 bits per heavy atom. The summed E-state index contributed by atoms with van der Waals surface area (Å²) in [7, 11) is 0. The number of hydrogen-bond acceptors (Lipinski definition) is 4. The number of aryl methyl sites for hydroxylation is 1. The molecular formula is C13H13N3O3S. The third-order valence-electron chi connectivity index (χ3n) is 3.37. The van der Waals surface area contributed by atoms with Gasteiger partial charge in [0.1, 0.15) is 11.3 Å². The molecule has 3 aromatic heterocycles. The lowest BCUT2D eigenvalue weighted by Crippen LogP contribution is -2.32. The predicted molar refractivity (Wildman–Crippen MR) is 76.6 cm³/mol. The lowest BCUT2D eigenvalue weighted by atomic mass is 10.3. The molecule has 0 amide bonds. The molecule has 0 aliphatic rings. The van der Waals surface area contributed by atoms with Crippen LogP contribution in [0.1, 0.15) is 25.7 Å². The van der Waals surface area contributed by atoms with Gasteiger partial charge in [0.05, 0.1) is 10.2 Å². The van der Waals surface area contributed by atoms with Crippen molar-refractivity contribution >= 4 is 33.0 Å². The molecule has 0 aliphatic heterocycles. The number of rotatable bonds is 3. The summed E-state index contributed by atoms with van der Waals surface area (Å²) < 4.78 is 3.87. The monoisotopic (exact) mass is 291 g/mol. The zero-order valence-corrected chi connectivity index (χ0v) is 11.8. The molecule has 104 valence electrons. The zero-order valence-electron chi connectivity index (χ0n) is 11.0. The van der Waals surface area contributed by atoms with Gasteiger partial charge in [-0.15, -0.1) is 11.3 Å². The van der Waals surface area contributed by atoms with Gasteiger partial charge < -0.3 is 5.11 Å². The number of aromatic nitrogens is 3. The number of thiophene rings is 1. The molecule has 0 bridgehead atoms. The van der Waals surface area contributed by atoms with Gasteiger partial charge in [-0.1, -0.05) is 6.92 Å². The Morgan fingerprint density at radius 3 is 2.90 bits per heavy atom. The smallest absolute Gasteiger partial charge is 0.328 e. The van der Waals surface area contributed by atoms with Crippen molar-refractivity contribution in [2.24, 2.45) is 0 Å². The first-order chi connectivity index (χ1) is 9.54. The maximum Gasteiger partial charge on any atom is 0.328 e. The van der Waals surface area contributed by atoms with Crippen molar-refractivity contribution in [1.82, 2.24) is 14.2 Å². The molecule has 1 unspecified atom stereocenters. The largest absolute Gasteiger partial charge is 0.480 e. The second kappa shape index (κ2) is 4.45. The summed E-state index contributed by atoms with van der Waals surface area (Å²) in [5, 5.41) is 15.3. The third-order valence-corrected chi connectivity index (χ3v) is 4.23. The molecule has 0 saturated heterocycles. The van der Waals surface area contributed by atoms with Crippen LogP contribution in [0.5, 0.6) is 0 Å². The number of carbonyl (C=O) groups is 1. The molecule has 0 radical (unpaired) electrons. The van der Waals surface area contributed by atoms with E-state index in [2.05, 4.69) is 5.10 Å². The fourth-order valence-electron chi connectivity index (χ4n) is 2.29. The minimum atomic E-state index is -1.07. The van der Waals surface area contributed by atoms with E-state index in [1.807, 2.05) is 22.8 Å². The third kappa shape index (κ3) is 1.66. The molecule has 1 atom stereocenters. The summed E-state index contributed by atoms with van der Waals surface area (Å²) in [5.41, 5.74) is 1.05. The maximum absolute atomic E-state index is 12.4. The van der Waals surface area contributed by atoms with Gasteiger partial charge >= 0.3 is 5.97 Å². The lowest BCUT2D eigenvalue weighted by Gasteiger charge is -2.12. The van der Waals surface area contributed by atoms with E-state index in [1.54, 1.807) is 17.4 Å². The highest BCUT2D eigenvalue weighted by Crippen LogP contribution is 2.25. The number of fused-ring (bicyclic) bond motifs is 3. The Balaban J connectivity index is 2.44. The number of nitrogens with zero attached hydrogens (tertiary/aromatic N) is 3. The van der Waals surface area contributed by atoms with E-state index >= 15 is 0 Å². The first kappa shape index (κ1) is 12.9. The summed E-state index contributed by atoms with van der Waals surface area (Å²) in [5.74, 6) is -0.388. The minimum Gasteiger partial charge on any atom is -0.480 e. The van der Waals surface area contributed by atoms with Crippen LogP contribution in [-0.4, -0.2) is 25.3 Å². The van der Waals surface area contributed by atoms with Crippen LogP contribution in [-0.2, 0) is 11.2 Å². The molecule has 0 saturated carbocycles. The molecule has 1 N–H and O–H groups in total. The van der Waals surface area contributed by atoms with Gasteiger partial charge in [0.2, 0.25) is 0 Å². The Labute approximate surface area is 117 Å². The Kier molecular flexibility index (Phi) is 2.86. The second-order valence-electron chi connectivity index (χ2n) is 4.57. The van der Waals surface area contributed by atoms with Crippen molar-refractivity contribution in [3.05, 3.63) is 33.7 Å². The van der Waals surface area contributed by atoms with Crippen molar-refractivity contribution in [2.45, 2.75) is 26.3 Å². The van der Waals surface area contributed by atoms with Crippen LogP contribution in [0, 0.1) is 0 Å². The molecule has 3 heterocycles. The second-order valence-corrected chi connectivity index (χ2v) is 5.52. The fraction of sp³-hybridized carbons (Fsp3) is 0.308. The van der Waals surface area contributed by atoms with E-state index in [1.165, 1.54) is 6.92 Å². The van der Waals surface area contributed by atoms with Crippen LogP contribution in [0.15, 0.2) is 22.3 Å². The van der Waals surface area contributed by atoms with Crippen molar-refractivity contribution < 1.29 is 9.90 Å².